The van der Waals surface area contributed by atoms with Gasteiger partial charge in [-0.05, 0) is 12.1 Å². The molecule has 2 nitrogen and oxygen atoms in total. The first-order chi connectivity index (χ1) is 6.25. The number of hydrogen-bond donors (Lipinski definition) is 0. The molecule has 1 aromatic carbocycles. The van der Waals surface area contributed by atoms with E-state index in [1.165, 1.54) is 12.1 Å². The fourth-order valence-corrected chi connectivity index (χ4v) is 1.17. The second kappa shape index (κ2) is 3.52. The van der Waals surface area contributed by atoms with E-state index in [9.17, 15) is 4.39 Å². The molecular weight excluding hydrogens is 193 g/mol. The van der Waals surface area contributed by atoms with E-state index in [4.69, 9.17) is 16.3 Å². The van der Waals surface area contributed by atoms with Crippen molar-refractivity contribution in [2.45, 2.75) is 6.10 Å². The Morgan fingerprint density at radius 1 is 1.46 bits per heavy atom. The molecule has 0 unspecified atom stereocenters. The Labute approximate surface area is 80.7 Å². The van der Waals surface area contributed by atoms with Crippen molar-refractivity contribution in [2.75, 3.05) is 13.1 Å². The number of halogens is 2. The molecule has 0 spiro atoms. The molecule has 0 aromatic heterocycles. The Bertz CT molecular complexity index is 314. The lowest BCUT2D eigenvalue weighted by molar-refractivity contribution is 0.138. The molecule has 0 bridgehead atoms. The number of nitrogens with zero attached hydrogens (tertiary/aromatic N) is 1. The zero-order chi connectivity index (χ0) is 9.26. The van der Waals surface area contributed by atoms with Gasteiger partial charge in [0.15, 0.2) is 0 Å². The van der Waals surface area contributed by atoms with E-state index in [1.54, 1.807) is 6.07 Å². The molecule has 1 heterocycles. The van der Waals surface area contributed by atoms with Crippen molar-refractivity contribution in [2.24, 2.45) is 0 Å². The minimum absolute atomic E-state index is 0.112. The van der Waals surface area contributed by atoms with Crippen LogP contribution in [-0.4, -0.2) is 19.2 Å². The monoisotopic (exact) mass is 200 g/mol. The average molecular weight is 201 g/mol. The Morgan fingerprint density at radius 3 is 2.77 bits per heavy atom. The third-order valence-corrected chi connectivity index (χ3v) is 2.17. The summed E-state index contributed by atoms with van der Waals surface area (Å²) in [6.45, 7) is 1.40. The molecule has 0 atom stereocenters. The Hall–Kier alpha value is -0.800. The highest BCUT2D eigenvalue weighted by Crippen LogP contribution is 2.21. The zero-order valence-electron chi connectivity index (χ0n) is 6.84. The smallest absolute Gasteiger partial charge is 0.145 e. The fourth-order valence-electron chi connectivity index (χ4n) is 1.05. The van der Waals surface area contributed by atoms with E-state index < -0.39 is 5.82 Å². The van der Waals surface area contributed by atoms with Crippen molar-refractivity contribution in [3.8, 4) is 5.75 Å². The summed E-state index contributed by atoms with van der Waals surface area (Å²) in [6, 6.07) is 4.44. The molecule has 1 radical (unpaired) electrons. The van der Waals surface area contributed by atoms with Gasteiger partial charge in [0.2, 0.25) is 0 Å². The van der Waals surface area contributed by atoms with Gasteiger partial charge in [-0.15, -0.1) is 0 Å². The third kappa shape index (κ3) is 1.92. The van der Waals surface area contributed by atoms with E-state index in [0.29, 0.717) is 18.8 Å². The summed E-state index contributed by atoms with van der Waals surface area (Å²) in [5.74, 6) is 0.0669. The lowest BCUT2D eigenvalue weighted by atomic mass is 10.2. The molecule has 1 aromatic rings. The molecule has 2 rings (SSSR count). The van der Waals surface area contributed by atoms with Crippen molar-refractivity contribution in [3.05, 3.63) is 29.0 Å². The average Bonchev–Trinajstić information content (AvgIpc) is 2.04. The fraction of sp³-hybridized carbons (Fsp3) is 0.333. The maximum absolute atomic E-state index is 12.9. The normalized spacial score (nSPS) is 16.8. The number of ether oxygens (including phenoxy) is 1. The minimum Gasteiger partial charge on any atom is -0.488 e. The first-order valence-electron chi connectivity index (χ1n) is 4.00. The summed E-state index contributed by atoms with van der Waals surface area (Å²) < 4.78 is 18.3. The molecule has 1 aliphatic heterocycles. The van der Waals surface area contributed by atoms with E-state index >= 15 is 0 Å². The van der Waals surface area contributed by atoms with Gasteiger partial charge in [-0.3, -0.25) is 0 Å². The van der Waals surface area contributed by atoms with Gasteiger partial charge in [-0.1, -0.05) is 11.6 Å². The summed E-state index contributed by atoms with van der Waals surface area (Å²) in [7, 11) is 0. The van der Waals surface area contributed by atoms with Gasteiger partial charge in [-0.25, -0.2) is 9.71 Å². The Morgan fingerprint density at radius 2 is 2.23 bits per heavy atom. The summed E-state index contributed by atoms with van der Waals surface area (Å²) in [6.07, 6.45) is 0.112. The first kappa shape index (κ1) is 8.78. The molecular formula is C9H8ClFNO. The number of benzene rings is 1. The molecule has 13 heavy (non-hydrogen) atoms. The molecule has 0 N–H and O–H groups in total. The second-order valence-electron chi connectivity index (χ2n) is 2.90. The lowest BCUT2D eigenvalue weighted by Gasteiger charge is -2.26. The summed E-state index contributed by atoms with van der Waals surface area (Å²) in [5, 5.41) is 4.11. The summed E-state index contributed by atoms with van der Waals surface area (Å²) in [5.41, 5.74) is 0. The Balaban J connectivity index is 2.07. The third-order valence-electron chi connectivity index (χ3n) is 1.86. The van der Waals surface area contributed by atoms with Gasteiger partial charge in [0.1, 0.15) is 17.7 Å². The molecule has 1 fully saturated rings. The van der Waals surface area contributed by atoms with Gasteiger partial charge >= 0.3 is 0 Å². The molecule has 0 amide bonds. The quantitative estimate of drug-likeness (QED) is 0.715. The van der Waals surface area contributed by atoms with E-state index in [0.717, 1.165) is 0 Å². The van der Waals surface area contributed by atoms with Crippen LogP contribution in [0, 0.1) is 5.82 Å². The number of hydrogen-bond acceptors (Lipinski definition) is 1. The lowest BCUT2D eigenvalue weighted by Crippen LogP contribution is -2.45. The van der Waals surface area contributed by atoms with Crippen LogP contribution in [0.15, 0.2) is 18.2 Å². The summed E-state index contributed by atoms with van der Waals surface area (Å²) in [4.78, 5) is 0. The highest BCUT2D eigenvalue weighted by atomic mass is 35.5. The van der Waals surface area contributed by atoms with Crippen LogP contribution in [0.5, 0.6) is 5.75 Å². The highest BCUT2D eigenvalue weighted by molar-refractivity contribution is 6.30. The van der Waals surface area contributed by atoms with Gasteiger partial charge < -0.3 is 4.74 Å². The van der Waals surface area contributed by atoms with Gasteiger partial charge in [0, 0.05) is 6.07 Å². The first-order valence-corrected chi connectivity index (χ1v) is 4.38. The maximum Gasteiger partial charge on any atom is 0.145 e. The van der Waals surface area contributed by atoms with Crippen LogP contribution in [0.1, 0.15) is 0 Å². The standard InChI is InChI=1S/C9H8ClFNO/c10-8-2-1-6(3-9(8)11)13-7-4-12-5-7/h1-3,7H,4-5H2. The number of rotatable bonds is 2. The van der Waals surface area contributed by atoms with E-state index in [1.807, 2.05) is 0 Å². The second-order valence-corrected chi connectivity index (χ2v) is 3.31. The Kier molecular flexibility index (Phi) is 2.38. The minimum atomic E-state index is -0.449. The summed E-state index contributed by atoms with van der Waals surface area (Å²) >= 11 is 5.52. The van der Waals surface area contributed by atoms with Crippen molar-refractivity contribution in [1.29, 1.82) is 0 Å². The molecule has 69 valence electrons. The van der Waals surface area contributed by atoms with Crippen molar-refractivity contribution in [3.63, 3.8) is 0 Å². The van der Waals surface area contributed by atoms with Crippen LogP contribution in [-0.2, 0) is 0 Å². The molecule has 0 saturated carbocycles. The van der Waals surface area contributed by atoms with Gasteiger partial charge in [-0.2, -0.15) is 0 Å². The van der Waals surface area contributed by atoms with Crippen molar-refractivity contribution >= 4 is 11.6 Å². The molecule has 1 saturated heterocycles. The SMILES string of the molecule is Fc1cc(OC2C[N]C2)ccc1Cl. The van der Waals surface area contributed by atoms with Crippen LogP contribution in [0.3, 0.4) is 0 Å². The predicted molar refractivity (Wildman–Crippen MR) is 47.7 cm³/mol. The van der Waals surface area contributed by atoms with E-state index in [-0.39, 0.29) is 11.1 Å². The van der Waals surface area contributed by atoms with Crippen LogP contribution in [0.2, 0.25) is 5.02 Å². The van der Waals surface area contributed by atoms with Crippen LogP contribution < -0.4 is 10.1 Å². The maximum atomic E-state index is 12.9. The predicted octanol–water partition coefficient (Wildman–Crippen LogP) is 1.84. The van der Waals surface area contributed by atoms with Crippen LogP contribution >= 0.6 is 11.6 Å². The molecule has 1 aliphatic rings. The molecule has 0 aliphatic carbocycles. The largest absolute Gasteiger partial charge is 0.488 e. The van der Waals surface area contributed by atoms with Crippen molar-refractivity contribution in [1.82, 2.24) is 5.32 Å². The van der Waals surface area contributed by atoms with Gasteiger partial charge in [0.25, 0.3) is 0 Å². The zero-order valence-corrected chi connectivity index (χ0v) is 7.59. The topological polar surface area (TPSA) is 23.3 Å². The molecule has 4 heteroatoms. The van der Waals surface area contributed by atoms with Gasteiger partial charge in [0.05, 0.1) is 18.1 Å². The van der Waals surface area contributed by atoms with Crippen LogP contribution in [0.4, 0.5) is 4.39 Å². The van der Waals surface area contributed by atoms with E-state index in [2.05, 4.69) is 5.32 Å². The highest BCUT2D eigenvalue weighted by Gasteiger charge is 2.20. The van der Waals surface area contributed by atoms with Crippen molar-refractivity contribution < 1.29 is 9.13 Å². The van der Waals surface area contributed by atoms with Crippen LogP contribution in [0.25, 0.3) is 0 Å².